The number of Topliss-reactive ketones (excluding diaryl/α,β-unsaturated/α-hetero) is 1. The van der Waals surface area contributed by atoms with E-state index in [2.05, 4.69) is 10.6 Å². The van der Waals surface area contributed by atoms with Crippen LogP contribution < -0.4 is 15.4 Å². The SMILES string of the molecule is CCNCC1CCc2c(cc(OC)c3c2CCC(=O)N3)C1=O.Cl. The van der Waals surface area contributed by atoms with Crippen LogP contribution >= 0.6 is 12.4 Å². The Morgan fingerprint density at radius 2 is 2.04 bits per heavy atom. The first-order valence-corrected chi connectivity index (χ1v) is 7.93. The zero-order chi connectivity index (χ0) is 15.7. The third kappa shape index (κ3) is 3.21. The van der Waals surface area contributed by atoms with E-state index in [9.17, 15) is 9.59 Å². The lowest BCUT2D eigenvalue weighted by Gasteiger charge is -2.29. The maximum Gasteiger partial charge on any atom is 0.224 e. The zero-order valence-electron chi connectivity index (χ0n) is 13.5. The molecule has 1 atom stereocenters. The first-order valence-electron chi connectivity index (χ1n) is 7.93. The number of carbonyl (C=O) groups is 2. The maximum atomic E-state index is 12.8. The Kier molecular flexibility index (Phi) is 5.65. The molecule has 6 heteroatoms. The van der Waals surface area contributed by atoms with Crippen molar-refractivity contribution in [2.24, 2.45) is 5.92 Å². The number of fused-ring (bicyclic) bond motifs is 3. The molecule has 2 aliphatic rings. The average Bonchev–Trinajstić information content (AvgIpc) is 2.53. The molecule has 3 rings (SSSR count). The van der Waals surface area contributed by atoms with E-state index < -0.39 is 0 Å². The highest BCUT2D eigenvalue weighted by Crippen LogP contribution is 2.40. The van der Waals surface area contributed by atoms with Gasteiger partial charge in [-0.2, -0.15) is 0 Å². The number of ether oxygens (including phenoxy) is 1. The molecule has 0 fully saturated rings. The van der Waals surface area contributed by atoms with Gasteiger partial charge in [0.25, 0.3) is 0 Å². The van der Waals surface area contributed by atoms with Crippen molar-refractivity contribution in [3.63, 3.8) is 0 Å². The van der Waals surface area contributed by atoms with Gasteiger partial charge in [-0.25, -0.2) is 0 Å². The normalized spacial score (nSPS) is 19.3. The van der Waals surface area contributed by atoms with Crippen molar-refractivity contribution in [1.82, 2.24) is 5.32 Å². The van der Waals surface area contributed by atoms with Gasteiger partial charge in [-0.3, -0.25) is 9.59 Å². The summed E-state index contributed by atoms with van der Waals surface area (Å²) in [6, 6.07) is 1.81. The first-order chi connectivity index (χ1) is 10.7. The summed E-state index contributed by atoms with van der Waals surface area (Å²) in [7, 11) is 1.58. The Morgan fingerprint density at radius 3 is 2.74 bits per heavy atom. The molecule has 0 saturated heterocycles. The van der Waals surface area contributed by atoms with E-state index in [1.165, 1.54) is 0 Å². The van der Waals surface area contributed by atoms with Crippen LogP contribution in [-0.4, -0.2) is 31.9 Å². The van der Waals surface area contributed by atoms with Crippen LogP contribution in [0.25, 0.3) is 0 Å². The number of benzene rings is 1. The summed E-state index contributed by atoms with van der Waals surface area (Å²) < 4.78 is 5.41. The summed E-state index contributed by atoms with van der Waals surface area (Å²) in [6.07, 6.45) is 2.92. The van der Waals surface area contributed by atoms with E-state index >= 15 is 0 Å². The quantitative estimate of drug-likeness (QED) is 0.884. The largest absolute Gasteiger partial charge is 0.495 e. The minimum absolute atomic E-state index is 0. The van der Waals surface area contributed by atoms with Crippen LogP contribution in [0, 0.1) is 5.92 Å². The van der Waals surface area contributed by atoms with E-state index in [0.717, 1.165) is 48.3 Å². The van der Waals surface area contributed by atoms with E-state index in [0.29, 0.717) is 18.6 Å². The van der Waals surface area contributed by atoms with Crippen molar-refractivity contribution in [2.75, 3.05) is 25.5 Å². The Morgan fingerprint density at radius 1 is 1.26 bits per heavy atom. The van der Waals surface area contributed by atoms with Gasteiger partial charge in [0.05, 0.1) is 12.8 Å². The summed E-state index contributed by atoms with van der Waals surface area (Å²) in [4.78, 5) is 24.4. The highest BCUT2D eigenvalue weighted by molar-refractivity contribution is 6.04. The fraction of sp³-hybridized carbons (Fsp3) is 0.529. The molecule has 23 heavy (non-hydrogen) atoms. The van der Waals surface area contributed by atoms with Crippen LogP contribution in [0.15, 0.2) is 6.07 Å². The fourth-order valence-corrected chi connectivity index (χ4v) is 3.46. The van der Waals surface area contributed by atoms with Crippen LogP contribution in [0.1, 0.15) is 41.3 Å². The van der Waals surface area contributed by atoms with Crippen molar-refractivity contribution >= 4 is 29.8 Å². The number of halogens is 1. The van der Waals surface area contributed by atoms with Crippen molar-refractivity contribution in [2.45, 2.75) is 32.6 Å². The van der Waals surface area contributed by atoms with Crippen molar-refractivity contribution in [1.29, 1.82) is 0 Å². The Labute approximate surface area is 142 Å². The molecule has 1 unspecified atom stereocenters. The number of hydrogen-bond acceptors (Lipinski definition) is 4. The third-order valence-electron chi connectivity index (χ3n) is 4.62. The Balaban J connectivity index is 0.00000192. The molecular formula is C17H23ClN2O3. The Bertz CT molecular complexity index is 631. The molecule has 126 valence electrons. The zero-order valence-corrected chi connectivity index (χ0v) is 14.3. The summed E-state index contributed by atoms with van der Waals surface area (Å²) in [5.74, 6) is 0.839. The molecule has 0 radical (unpaired) electrons. The molecule has 0 aromatic heterocycles. The fourth-order valence-electron chi connectivity index (χ4n) is 3.46. The Hall–Kier alpha value is -1.59. The lowest BCUT2D eigenvalue weighted by atomic mass is 9.78. The number of anilines is 1. The predicted molar refractivity (Wildman–Crippen MR) is 91.9 cm³/mol. The number of carbonyl (C=O) groups excluding carboxylic acids is 2. The van der Waals surface area contributed by atoms with Gasteiger partial charge in [-0.15, -0.1) is 12.4 Å². The van der Waals surface area contributed by atoms with Crippen LogP contribution in [0.3, 0.4) is 0 Å². The smallest absolute Gasteiger partial charge is 0.224 e. The molecule has 1 amide bonds. The predicted octanol–water partition coefficient (Wildman–Crippen LogP) is 2.36. The maximum absolute atomic E-state index is 12.8. The van der Waals surface area contributed by atoms with E-state index in [-0.39, 0.29) is 30.0 Å². The lowest BCUT2D eigenvalue weighted by Crippen LogP contribution is -2.33. The van der Waals surface area contributed by atoms with Gasteiger partial charge in [-0.1, -0.05) is 6.92 Å². The number of methoxy groups -OCH3 is 1. The van der Waals surface area contributed by atoms with E-state index in [1.807, 2.05) is 6.92 Å². The first kappa shape index (κ1) is 17.8. The summed E-state index contributed by atoms with van der Waals surface area (Å²) in [5.41, 5.74) is 3.73. The number of hydrogen-bond donors (Lipinski definition) is 2. The van der Waals surface area contributed by atoms with Crippen LogP contribution in [0.5, 0.6) is 5.75 Å². The second-order valence-corrected chi connectivity index (χ2v) is 5.91. The molecule has 1 aromatic carbocycles. The molecule has 2 N–H and O–H groups in total. The second kappa shape index (κ2) is 7.32. The van der Waals surface area contributed by atoms with Gasteiger partial charge in [-0.05, 0) is 43.0 Å². The minimum atomic E-state index is 0. The molecule has 0 bridgehead atoms. The number of nitrogens with one attached hydrogen (secondary N) is 2. The average molecular weight is 339 g/mol. The van der Waals surface area contributed by atoms with E-state index in [4.69, 9.17) is 4.74 Å². The molecule has 0 saturated carbocycles. The van der Waals surface area contributed by atoms with Crippen molar-refractivity contribution in [3.8, 4) is 5.75 Å². The molecule has 0 spiro atoms. The second-order valence-electron chi connectivity index (χ2n) is 5.91. The van der Waals surface area contributed by atoms with Gasteiger partial charge >= 0.3 is 0 Å². The topological polar surface area (TPSA) is 67.4 Å². The van der Waals surface area contributed by atoms with Crippen LogP contribution in [0.2, 0.25) is 0 Å². The lowest BCUT2D eigenvalue weighted by molar-refractivity contribution is -0.116. The molecular weight excluding hydrogens is 316 g/mol. The summed E-state index contributed by atoms with van der Waals surface area (Å²) in [6.45, 7) is 3.64. The molecule has 1 aliphatic carbocycles. The van der Waals surface area contributed by atoms with Gasteiger partial charge in [0.15, 0.2) is 5.78 Å². The van der Waals surface area contributed by atoms with Crippen LogP contribution in [0.4, 0.5) is 5.69 Å². The summed E-state index contributed by atoms with van der Waals surface area (Å²) >= 11 is 0. The van der Waals surface area contributed by atoms with Crippen LogP contribution in [-0.2, 0) is 17.6 Å². The monoisotopic (exact) mass is 338 g/mol. The summed E-state index contributed by atoms with van der Waals surface area (Å²) in [5, 5.41) is 6.17. The molecule has 1 heterocycles. The number of rotatable bonds is 4. The van der Waals surface area contributed by atoms with Gasteiger partial charge in [0, 0.05) is 24.4 Å². The third-order valence-corrected chi connectivity index (χ3v) is 4.62. The molecule has 5 nitrogen and oxygen atoms in total. The number of ketones is 1. The molecule has 1 aliphatic heterocycles. The van der Waals surface area contributed by atoms with Crippen molar-refractivity contribution in [3.05, 3.63) is 22.8 Å². The highest BCUT2D eigenvalue weighted by atomic mass is 35.5. The standard InChI is InChI=1S/C17H22N2O3.ClH/c1-3-18-9-10-4-5-11-12-6-7-15(20)19-16(12)14(22-2)8-13(11)17(10)21;/h8,10,18H,3-7,9H2,1-2H3,(H,19,20);1H. The highest BCUT2D eigenvalue weighted by Gasteiger charge is 2.32. The number of amides is 1. The van der Waals surface area contributed by atoms with Gasteiger partial charge in [0.2, 0.25) is 5.91 Å². The van der Waals surface area contributed by atoms with Gasteiger partial charge < -0.3 is 15.4 Å². The van der Waals surface area contributed by atoms with E-state index in [1.54, 1.807) is 13.2 Å². The van der Waals surface area contributed by atoms with Crippen molar-refractivity contribution < 1.29 is 14.3 Å². The van der Waals surface area contributed by atoms with Gasteiger partial charge in [0.1, 0.15) is 5.75 Å². The molecule has 1 aromatic rings. The minimum Gasteiger partial charge on any atom is -0.495 e.